The minimum absolute atomic E-state index is 0.134. The number of aromatic nitrogens is 1. The van der Waals surface area contributed by atoms with Crippen LogP contribution < -0.4 is 10.9 Å². The van der Waals surface area contributed by atoms with Gasteiger partial charge < -0.3 is 9.88 Å². The lowest BCUT2D eigenvalue weighted by atomic mass is 9.77. The van der Waals surface area contributed by atoms with Crippen LogP contribution in [0.2, 0.25) is 0 Å². The van der Waals surface area contributed by atoms with Crippen LogP contribution in [0, 0.1) is 11.3 Å². The molecule has 4 heteroatoms. The van der Waals surface area contributed by atoms with Gasteiger partial charge in [-0.05, 0) is 62.8 Å². The summed E-state index contributed by atoms with van der Waals surface area (Å²) in [6, 6.07) is 3.87. The molecule has 25 heavy (non-hydrogen) atoms. The highest BCUT2D eigenvalue weighted by atomic mass is 16.2. The van der Waals surface area contributed by atoms with Crippen molar-refractivity contribution in [2.75, 3.05) is 0 Å². The van der Waals surface area contributed by atoms with Crippen LogP contribution in [0.5, 0.6) is 0 Å². The van der Waals surface area contributed by atoms with Gasteiger partial charge in [0.1, 0.15) is 0 Å². The number of amides is 1. The van der Waals surface area contributed by atoms with Crippen molar-refractivity contribution in [2.24, 2.45) is 11.3 Å². The predicted octanol–water partition coefficient (Wildman–Crippen LogP) is 2.98. The summed E-state index contributed by atoms with van der Waals surface area (Å²) in [5, 5.41) is 3.30. The Balaban J connectivity index is 1.47. The molecular weight excluding hydrogens is 312 g/mol. The largest absolute Gasteiger partial charge is 0.353 e. The van der Waals surface area contributed by atoms with Crippen LogP contribution >= 0.6 is 0 Å². The Hall–Kier alpha value is -1.84. The van der Waals surface area contributed by atoms with Gasteiger partial charge in [-0.1, -0.05) is 25.1 Å². The average Bonchev–Trinajstić information content (AvgIpc) is 3.42. The maximum absolute atomic E-state index is 12.8. The number of pyridine rings is 1. The Morgan fingerprint density at radius 3 is 2.84 bits per heavy atom. The highest BCUT2D eigenvalue weighted by molar-refractivity contribution is 5.83. The summed E-state index contributed by atoms with van der Waals surface area (Å²) in [5.74, 6) is 0.887. The molecule has 0 aromatic carbocycles. The van der Waals surface area contributed by atoms with Crippen molar-refractivity contribution in [3.63, 3.8) is 0 Å². The summed E-state index contributed by atoms with van der Waals surface area (Å²) >= 11 is 0. The molecule has 4 rings (SSSR count). The SMILES string of the molecule is CC1(C(=O)NC2CCc3c(ccc(=O)n3CC3CC3)C2)CC=CCC1. The van der Waals surface area contributed by atoms with Gasteiger partial charge in [0, 0.05) is 24.3 Å². The van der Waals surface area contributed by atoms with Crippen molar-refractivity contribution in [3.05, 3.63) is 45.9 Å². The van der Waals surface area contributed by atoms with Crippen LogP contribution in [0.15, 0.2) is 29.1 Å². The number of fused-ring (bicyclic) bond motifs is 1. The maximum atomic E-state index is 12.8. The maximum Gasteiger partial charge on any atom is 0.250 e. The molecule has 0 aliphatic heterocycles. The number of nitrogens with one attached hydrogen (secondary N) is 1. The molecule has 4 nitrogen and oxygen atoms in total. The molecule has 134 valence electrons. The normalized spacial score (nSPS) is 28.4. The van der Waals surface area contributed by atoms with Crippen LogP contribution in [-0.4, -0.2) is 16.5 Å². The molecule has 1 heterocycles. The Morgan fingerprint density at radius 1 is 1.28 bits per heavy atom. The fraction of sp³-hybridized carbons (Fsp3) is 0.619. The molecule has 2 unspecified atom stereocenters. The summed E-state index contributed by atoms with van der Waals surface area (Å²) in [4.78, 5) is 25.0. The standard InChI is InChI=1S/C21H28N2O2/c1-21(11-3-2-4-12-21)20(25)22-17-8-9-18-16(13-17)7-10-19(24)23(18)14-15-5-6-15/h2-3,7,10,15,17H,4-6,8-9,11-14H2,1H3,(H,22,25). The molecule has 3 aliphatic rings. The van der Waals surface area contributed by atoms with Crippen LogP contribution in [0.1, 0.15) is 56.7 Å². The van der Waals surface area contributed by atoms with E-state index in [0.29, 0.717) is 5.92 Å². The highest BCUT2D eigenvalue weighted by Crippen LogP contribution is 2.34. The van der Waals surface area contributed by atoms with Gasteiger partial charge in [-0.25, -0.2) is 0 Å². The van der Waals surface area contributed by atoms with Gasteiger partial charge in [0.2, 0.25) is 5.91 Å². The van der Waals surface area contributed by atoms with Gasteiger partial charge >= 0.3 is 0 Å². The molecule has 1 amide bonds. The Morgan fingerprint density at radius 2 is 2.12 bits per heavy atom. The zero-order chi connectivity index (χ0) is 17.4. The summed E-state index contributed by atoms with van der Waals surface area (Å²) in [6.07, 6.45) is 12.2. The zero-order valence-corrected chi connectivity index (χ0v) is 15.1. The van der Waals surface area contributed by atoms with Crippen LogP contribution in [0.4, 0.5) is 0 Å². The third kappa shape index (κ3) is 3.44. The second-order valence-corrected chi connectivity index (χ2v) is 8.39. The molecule has 1 aromatic heterocycles. The lowest BCUT2D eigenvalue weighted by Crippen LogP contribution is -2.47. The van der Waals surface area contributed by atoms with Gasteiger partial charge in [0.25, 0.3) is 5.56 Å². The van der Waals surface area contributed by atoms with Crippen LogP contribution in [0.3, 0.4) is 0 Å². The van der Waals surface area contributed by atoms with Gasteiger partial charge in [-0.15, -0.1) is 0 Å². The Labute approximate surface area is 149 Å². The monoisotopic (exact) mass is 340 g/mol. The van der Waals surface area contributed by atoms with E-state index < -0.39 is 0 Å². The first-order valence-electron chi connectivity index (χ1n) is 9.73. The Kier molecular flexibility index (Phi) is 4.30. The van der Waals surface area contributed by atoms with Crippen molar-refractivity contribution in [1.29, 1.82) is 0 Å². The second-order valence-electron chi connectivity index (χ2n) is 8.39. The molecule has 0 saturated heterocycles. The van der Waals surface area contributed by atoms with Crippen molar-refractivity contribution < 1.29 is 4.79 Å². The number of hydrogen-bond donors (Lipinski definition) is 1. The molecule has 1 N–H and O–H groups in total. The fourth-order valence-corrected chi connectivity index (χ4v) is 4.24. The number of nitrogens with zero attached hydrogens (tertiary/aromatic N) is 1. The molecule has 1 saturated carbocycles. The number of hydrogen-bond acceptors (Lipinski definition) is 2. The second kappa shape index (κ2) is 6.47. The molecule has 0 radical (unpaired) electrons. The number of allylic oxidation sites excluding steroid dienone is 2. The first kappa shape index (κ1) is 16.6. The smallest absolute Gasteiger partial charge is 0.250 e. The van der Waals surface area contributed by atoms with Gasteiger partial charge in [0.05, 0.1) is 5.41 Å². The van der Waals surface area contributed by atoms with Crippen LogP contribution in [-0.2, 0) is 24.2 Å². The predicted molar refractivity (Wildman–Crippen MR) is 98.5 cm³/mol. The number of carbonyl (C=O) groups is 1. The first-order chi connectivity index (χ1) is 12.0. The van der Waals surface area contributed by atoms with E-state index in [4.69, 9.17) is 0 Å². The molecule has 0 spiro atoms. The fourth-order valence-electron chi connectivity index (χ4n) is 4.24. The molecule has 1 fully saturated rings. The van der Waals surface area contributed by atoms with Gasteiger partial charge in [-0.3, -0.25) is 9.59 Å². The number of rotatable bonds is 4. The van der Waals surface area contributed by atoms with E-state index >= 15 is 0 Å². The van der Waals surface area contributed by atoms with Crippen molar-refractivity contribution in [2.45, 2.75) is 70.9 Å². The number of carbonyl (C=O) groups excluding carboxylic acids is 1. The lowest BCUT2D eigenvalue weighted by Gasteiger charge is -2.33. The van der Waals surface area contributed by atoms with Gasteiger partial charge in [0.15, 0.2) is 0 Å². The van der Waals surface area contributed by atoms with E-state index in [1.807, 2.05) is 10.6 Å². The molecule has 2 atom stereocenters. The Bertz CT molecular complexity index is 760. The third-order valence-corrected chi connectivity index (χ3v) is 6.20. The van der Waals surface area contributed by atoms with Gasteiger partial charge in [-0.2, -0.15) is 0 Å². The average molecular weight is 340 g/mol. The molecule has 3 aliphatic carbocycles. The van der Waals surface area contributed by atoms with E-state index in [0.717, 1.165) is 45.1 Å². The highest BCUT2D eigenvalue weighted by Gasteiger charge is 2.35. The minimum atomic E-state index is -0.264. The summed E-state index contributed by atoms with van der Waals surface area (Å²) in [6.45, 7) is 2.96. The first-order valence-corrected chi connectivity index (χ1v) is 9.73. The summed E-state index contributed by atoms with van der Waals surface area (Å²) in [5.41, 5.74) is 2.32. The topological polar surface area (TPSA) is 51.1 Å². The lowest BCUT2D eigenvalue weighted by molar-refractivity contribution is -0.131. The molecular formula is C21H28N2O2. The molecule has 0 bridgehead atoms. The quantitative estimate of drug-likeness (QED) is 0.857. The van der Waals surface area contributed by atoms with E-state index in [2.05, 4.69) is 24.4 Å². The van der Waals surface area contributed by atoms with Crippen molar-refractivity contribution in [3.8, 4) is 0 Å². The molecule has 1 aromatic rings. The summed E-state index contributed by atoms with van der Waals surface area (Å²) in [7, 11) is 0. The van der Waals surface area contributed by atoms with Crippen LogP contribution in [0.25, 0.3) is 0 Å². The third-order valence-electron chi connectivity index (χ3n) is 6.20. The van der Waals surface area contributed by atoms with E-state index in [-0.39, 0.29) is 22.9 Å². The van der Waals surface area contributed by atoms with E-state index in [1.54, 1.807) is 6.07 Å². The zero-order valence-electron chi connectivity index (χ0n) is 15.1. The minimum Gasteiger partial charge on any atom is -0.353 e. The summed E-state index contributed by atoms with van der Waals surface area (Å²) < 4.78 is 2.00. The van der Waals surface area contributed by atoms with E-state index in [9.17, 15) is 9.59 Å². The van der Waals surface area contributed by atoms with Crippen molar-refractivity contribution in [1.82, 2.24) is 9.88 Å². The van der Waals surface area contributed by atoms with Crippen molar-refractivity contribution >= 4 is 5.91 Å². The van der Waals surface area contributed by atoms with E-state index in [1.165, 1.54) is 24.1 Å².